The summed E-state index contributed by atoms with van der Waals surface area (Å²) in [7, 11) is 0. The van der Waals surface area contributed by atoms with E-state index in [2.05, 4.69) is 31.3 Å². The topological polar surface area (TPSA) is 95.9 Å². The monoisotopic (exact) mass is 986 g/mol. The normalized spacial score (nSPS) is 12.7. The third-order valence-electron chi connectivity index (χ3n) is 14.7. The molecule has 0 spiro atoms. The summed E-state index contributed by atoms with van der Waals surface area (Å²) in [6, 6.07) is -0.633. The van der Waals surface area contributed by atoms with Crippen LogP contribution in [0.5, 0.6) is 0 Å². The number of aliphatic hydroxyl groups excluding tert-OH is 2. The molecule has 0 aliphatic carbocycles. The second kappa shape index (κ2) is 59.9. The van der Waals surface area contributed by atoms with Gasteiger partial charge in [0, 0.05) is 12.8 Å². The molecule has 0 heterocycles. The number of unbranched alkanes of at least 4 members (excludes halogenated alkanes) is 46. The maximum absolute atomic E-state index is 12.5. The molecule has 414 valence electrons. The van der Waals surface area contributed by atoms with Crippen LogP contribution in [-0.4, -0.2) is 47.4 Å². The molecule has 0 aliphatic heterocycles. The van der Waals surface area contributed by atoms with Crippen molar-refractivity contribution in [3.63, 3.8) is 0 Å². The average molecular weight is 987 g/mol. The van der Waals surface area contributed by atoms with Crippen LogP contribution in [-0.2, 0) is 14.3 Å². The number of carbonyl (C=O) groups excluding carboxylic acids is 2. The molecule has 2 unspecified atom stereocenters. The molecule has 70 heavy (non-hydrogen) atoms. The van der Waals surface area contributed by atoms with Crippen LogP contribution in [0.3, 0.4) is 0 Å². The van der Waals surface area contributed by atoms with Crippen molar-refractivity contribution < 1.29 is 24.5 Å². The second-order valence-electron chi connectivity index (χ2n) is 21.7. The first-order valence-electron chi connectivity index (χ1n) is 31.6. The molecule has 0 saturated heterocycles. The molecule has 3 N–H and O–H groups in total. The maximum Gasteiger partial charge on any atom is 0.305 e. The van der Waals surface area contributed by atoms with Gasteiger partial charge in [0.15, 0.2) is 0 Å². The lowest BCUT2D eigenvalue weighted by Crippen LogP contribution is -2.45. The van der Waals surface area contributed by atoms with Crippen LogP contribution in [0.4, 0.5) is 0 Å². The number of allylic oxidation sites excluding steroid dienone is 3. The summed E-state index contributed by atoms with van der Waals surface area (Å²) >= 11 is 0. The zero-order valence-corrected chi connectivity index (χ0v) is 47.3. The van der Waals surface area contributed by atoms with Crippen LogP contribution in [0.15, 0.2) is 24.3 Å². The first-order chi connectivity index (χ1) is 34.5. The first kappa shape index (κ1) is 68.3. The summed E-state index contributed by atoms with van der Waals surface area (Å²) in [5.74, 6) is -0.0621. The summed E-state index contributed by atoms with van der Waals surface area (Å²) < 4.78 is 5.50. The van der Waals surface area contributed by atoms with E-state index < -0.39 is 12.1 Å². The highest BCUT2D eigenvalue weighted by Gasteiger charge is 2.18. The van der Waals surface area contributed by atoms with Gasteiger partial charge in [-0.25, -0.2) is 0 Å². The fourth-order valence-electron chi connectivity index (χ4n) is 9.87. The smallest absolute Gasteiger partial charge is 0.305 e. The van der Waals surface area contributed by atoms with Crippen molar-refractivity contribution in [2.45, 2.75) is 360 Å². The van der Waals surface area contributed by atoms with Crippen molar-refractivity contribution in [1.82, 2.24) is 5.32 Å². The van der Waals surface area contributed by atoms with E-state index in [1.807, 2.05) is 6.08 Å². The Morgan fingerprint density at radius 2 is 0.671 bits per heavy atom. The Hall–Kier alpha value is -1.66. The fourth-order valence-corrected chi connectivity index (χ4v) is 9.87. The number of aliphatic hydroxyl groups is 2. The molecule has 0 aromatic carbocycles. The van der Waals surface area contributed by atoms with E-state index >= 15 is 0 Å². The zero-order chi connectivity index (χ0) is 50.7. The van der Waals surface area contributed by atoms with E-state index in [9.17, 15) is 19.8 Å². The van der Waals surface area contributed by atoms with Crippen molar-refractivity contribution in [3.05, 3.63) is 24.3 Å². The highest BCUT2D eigenvalue weighted by molar-refractivity contribution is 5.76. The SMILES string of the molecule is CCCCCCCCCCCCCCC/C=C/C(O)C(CO)NC(=O)CCCCCCCCC/C=C\CCCCCCCCCCCCOC(=O)CCCCCCCCCCCCCCCCCCC. The first-order valence-corrected chi connectivity index (χ1v) is 31.6. The molecule has 0 radical (unpaired) electrons. The molecule has 0 bridgehead atoms. The number of rotatable bonds is 59. The van der Waals surface area contributed by atoms with Gasteiger partial charge in [-0.3, -0.25) is 9.59 Å². The van der Waals surface area contributed by atoms with Crippen LogP contribution >= 0.6 is 0 Å². The Morgan fingerprint density at radius 3 is 1.01 bits per heavy atom. The largest absolute Gasteiger partial charge is 0.466 e. The third kappa shape index (κ3) is 55.7. The molecule has 6 nitrogen and oxygen atoms in total. The molecule has 0 fully saturated rings. The van der Waals surface area contributed by atoms with E-state index in [1.54, 1.807) is 6.08 Å². The van der Waals surface area contributed by atoms with Crippen molar-refractivity contribution >= 4 is 11.9 Å². The molecule has 1 amide bonds. The Bertz CT molecular complexity index is 1090. The second-order valence-corrected chi connectivity index (χ2v) is 21.7. The van der Waals surface area contributed by atoms with E-state index in [-0.39, 0.29) is 18.5 Å². The number of nitrogens with one attached hydrogen (secondary N) is 1. The third-order valence-corrected chi connectivity index (χ3v) is 14.7. The van der Waals surface area contributed by atoms with Crippen LogP contribution in [0, 0.1) is 0 Å². The minimum absolute atomic E-state index is 0.0119. The van der Waals surface area contributed by atoms with Crippen molar-refractivity contribution in [3.8, 4) is 0 Å². The standard InChI is InChI=1S/C64H123NO5/c1-3-5-7-9-11-13-15-17-19-25-30-34-38-42-46-50-54-58-64(69)70-59-55-51-47-43-39-35-31-27-24-22-20-21-23-26-29-33-37-41-45-49-53-57-63(68)65-61(60-66)62(67)56-52-48-44-40-36-32-28-18-16-14-12-10-8-6-4-2/h21,23,52,56,61-62,66-67H,3-20,22,24-51,53-55,57-60H2,1-2H3,(H,65,68)/b23-21-,56-52+. The van der Waals surface area contributed by atoms with Gasteiger partial charge in [0.05, 0.1) is 25.4 Å². The molecule has 0 aliphatic rings. The van der Waals surface area contributed by atoms with Gasteiger partial charge in [0.25, 0.3) is 0 Å². The van der Waals surface area contributed by atoms with Gasteiger partial charge in [-0.2, -0.15) is 0 Å². The van der Waals surface area contributed by atoms with Crippen LogP contribution < -0.4 is 5.32 Å². The van der Waals surface area contributed by atoms with E-state index in [4.69, 9.17) is 4.74 Å². The molecule has 0 saturated carbocycles. The molecule has 0 rings (SSSR count). The van der Waals surface area contributed by atoms with Gasteiger partial charge in [0.1, 0.15) is 0 Å². The van der Waals surface area contributed by atoms with E-state index in [0.717, 1.165) is 44.9 Å². The van der Waals surface area contributed by atoms with Gasteiger partial charge in [-0.15, -0.1) is 0 Å². The van der Waals surface area contributed by atoms with Crippen molar-refractivity contribution in [2.24, 2.45) is 0 Å². The van der Waals surface area contributed by atoms with Crippen molar-refractivity contribution in [1.29, 1.82) is 0 Å². The number of amides is 1. The summed E-state index contributed by atoms with van der Waals surface area (Å²) in [5.41, 5.74) is 0. The van der Waals surface area contributed by atoms with Gasteiger partial charge < -0.3 is 20.3 Å². The molecule has 2 atom stereocenters. The Labute approximate surface area is 437 Å². The summed E-state index contributed by atoms with van der Waals surface area (Å²) in [6.45, 7) is 4.92. The molecule has 0 aromatic heterocycles. The van der Waals surface area contributed by atoms with Crippen LogP contribution in [0.1, 0.15) is 348 Å². The highest BCUT2D eigenvalue weighted by Crippen LogP contribution is 2.17. The van der Waals surface area contributed by atoms with Gasteiger partial charge in [-0.05, 0) is 57.8 Å². The lowest BCUT2D eigenvalue weighted by Gasteiger charge is -2.20. The Kier molecular flexibility index (Phi) is 58.5. The van der Waals surface area contributed by atoms with Crippen LogP contribution in [0.25, 0.3) is 0 Å². The lowest BCUT2D eigenvalue weighted by molar-refractivity contribution is -0.143. The average Bonchev–Trinajstić information content (AvgIpc) is 3.36. The quantitative estimate of drug-likeness (QED) is 0.0321. The van der Waals surface area contributed by atoms with Gasteiger partial charge in [-0.1, -0.05) is 301 Å². The molecular weight excluding hydrogens is 863 g/mol. The predicted molar refractivity (Wildman–Crippen MR) is 306 cm³/mol. The van der Waals surface area contributed by atoms with Gasteiger partial charge in [0.2, 0.25) is 5.91 Å². The lowest BCUT2D eigenvalue weighted by atomic mass is 10.0. The summed E-state index contributed by atoms with van der Waals surface area (Å²) in [4.78, 5) is 24.5. The zero-order valence-electron chi connectivity index (χ0n) is 47.3. The number of hydrogen-bond acceptors (Lipinski definition) is 5. The number of hydrogen-bond donors (Lipinski definition) is 3. The van der Waals surface area contributed by atoms with Crippen LogP contribution in [0.2, 0.25) is 0 Å². The Morgan fingerprint density at radius 1 is 0.386 bits per heavy atom. The molecule has 6 heteroatoms. The predicted octanol–water partition coefficient (Wildman–Crippen LogP) is 19.8. The van der Waals surface area contributed by atoms with Crippen molar-refractivity contribution in [2.75, 3.05) is 13.2 Å². The van der Waals surface area contributed by atoms with E-state index in [0.29, 0.717) is 19.4 Å². The minimum atomic E-state index is -0.849. The van der Waals surface area contributed by atoms with Gasteiger partial charge >= 0.3 is 5.97 Å². The number of carbonyl (C=O) groups is 2. The minimum Gasteiger partial charge on any atom is -0.466 e. The molecular formula is C64H123NO5. The Balaban J connectivity index is 3.42. The summed E-state index contributed by atoms with van der Waals surface area (Å²) in [5, 5.41) is 23.1. The number of ether oxygens (including phenoxy) is 1. The van der Waals surface area contributed by atoms with E-state index in [1.165, 1.54) is 276 Å². The highest BCUT2D eigenvalue weighted by atomic mass is 16.5. The number of esters is 1. The molecule has 0 aromatic rings. The summed E-state index contributed by atoms with van der Waals surface area (Å²) in [6.07, 6.45) is 73.6. The fraction of sp³-hybridized carbons (Fsp3) is 0.906. The maximum atomic E-state index is 12.5.